The number of nitrogens with zero attached hydrogens (tertiary/aromatic N) is 1. The number of Topliss-reactive ketones (excluding diaryl/α,β-unsaturated/α-hetero) is 1. The van der Waals surface area contributed by atoms with Gasteiger partial charge in [0.2, 0.25) is 17.4 Å². The second kappa shape index (κ2) is 6.07. The summed E-state index contributed by atoms with van der Waals surface area (Å²) in [7, 11) is 0. The average Bonchev–Trinajstić information content (AvgIpc) is 2.21. The number of imide groups is 1. The number of carboxylic acids is 2. The van der Waals surface area contributed by atoms with Crippen molar-refractivity contribution in [1.29, 1.82) is 0 Å². The molecule has 0 bridgehead atoms. The van der Waals surface area contributed by atoms with E-state index in [9.17, 15) is 29.1 Å². The van der Waals surface area contributed by atoms with Crippen molar-refractivity contribution in [3.63, 3.8) is 0 Å². The Balaban J connectivity index is 5.89. The lowest BCUT2D eigenvalue weighted by Gasteiger charge is -2.35. The highest BCUT2D eigenvalue weighted by molar-refractivity contribution is 6.13. The summed E-state index contributed by atoms with van der Waals surface area (Å²) in [4.78, 5) is 56.7. The van der Waals surface area contributed by atoms with E-state index in [0.29, 0.717) is 4.90 Å². The Morgan fingerprint density at radius 3 is 1.58 bits per heavy atom. The van der Waals surface area contributed by atoms with Crippen LogP contribution in [-0.4, -0.2) is 50.2 Å². The monoisotopic (exact) mass is 273 g/mol. The molecule has 0 radical (unpaired) electrons. The Morgan fingerprint density at radius 2 is 1.37 bits per heavy atom. The molecule has 0 aromatic rings. The van der Waals surface area contributed by atoms with Gasteiger partial charge < -0.3 is 10.2 Å². The lowest BCUT2D eigenvalue weighted by Crippen LogP contribution is -2.62. The van der Waals surface area contributed by atoms with Crippen molar-refractivity contribution >= 4 is 29.5 Å². The number of ketones is 1. The highest BCUT2D eigenvalue weighted by atomic mass is 16.4. The molecule has 0 saturated heterocycles. The Hall–Kier alpha value is -2.25. The molecule has 0 saturated carbocycles. The first-order valence-electron chi connectivity index (χ1n) is 5.35. The van der Waals surface area contributed by atoms with E-state index in [4.69, 9.17) is 5.11 Å². The van der Waals surface area contributed by atoms with Crippen LogP contribution in [0, 0.1) is 0 Å². The Bertz CT molecular complexity index is 412. The van der Waals surface area contributed by atoms with Gasteiger partial charge in [0, 0.05) is 20.3 Å². The van der Waals surface area contributed by atoms with Gasteiger partial charge in [0.15, 0.2) is 5.78 Å². The number of carbonyl (C=O) groups is 5. The minimum atomic E-state index is -2.48. The second-order valence-corrected chi connectivity index (χ2v) is 3.99. The number of aliphatic carboxylic acids is 2. The molecule has 0 spiro atoms. The van der Waals surface area contributed by atoms with Crippen molar-refractivity contribution in [3.8, 4) is 0 Å². The van der Waals surface area contributed by atoms with Crippen LogP contribution >= 0.6 is 0 Å². The Morgan fingerprint density at radius 1 is 0.947 bits per heavy atom. The molecule has 0 aliphatic rings. The van der Waals surface area contributed by atoms with Crippen LogP contribution in [0.3, 0.4) is 0 Å². The van der Waals surface area contributed by atoms with Gasteiger partial charge >= 0.3 is 11.9 Å². The van der Waals surface area contributed by atoms with E-state index in [1.807, 2.05) is 0 Å². The van der Waals surface area contributed by atoms with Crippen LogP contribution in [0.2, 0.25) is 0 Å². The number of hydrogen-bond acceptors (Lipinski definition) is 5. The Labute approximate surface area is 109 Å². The van der Waals surface area contributed by atoms with Crippen molar-refractivity contribution in [1.82, 2.24) is 4.90 Å². The molecular formula is C11H15NO7. The molecule has 2 amide bonds. The van der Waals surface area contributed by atoms with E-state index in [0.717, 1.165) is 20.8 Å². The SMILES string of the molecule is CC(=O)N(C(C)=O)[C@](CCC(=O)O)(C(C)=O)C(=O)O. The quantitative estimate of drug-likeness (QED) is 0.633. The standard InChI is InChI=1S/C11H15NO7/c1-6(13)11(10(18)19,5-4-9(16)17)12(7(2)14)8(3)15/h4-5H2,1-3H3,(H,16,17)(H,18,19)/t11-/m1/s1. The minimum absolute atomic E-state index is 0.292. The highest BCUT2D eigenvalue weighted by Gasteiger charge is 2.52. The van der Waals surface area contributed by atoms with E-state index >= 15 is 0 Å². The van der Waals surface area contributed by atoms with E-state index in [2.05, 4.69) is 0 Å². The molecule has 8 nitrogen and oxygen atoms in total. The summed E-state index contributed by atoms with van der Waals surface area (Å²) in [6, 6.07) is 0. The molecule has 0 heterocycles. The third-order valence-electron chi connectivity index (χ3n) is 2.65. The van der Waals surface area contributed by atoms with Crippen molar-refractivity contribution < 1.29 is 34.2 Å². The van der Waals surface area contributed by atoms with Crippen LogP contribution in [0.5, 0.6) is 0 Å². The van der Waals surface area contributed by atoms with Crippen molar-refractivity contribution in [2.24, 2.45) is 0 Å². The smallest absolute Gasteiger partial charge is 0.337 e. The summed E-state index contributed by atoms with van der Waals surface area (Å²) >= 11 is 0. The van der Waals surface area contributed by atoms with Gasteiger partial charge in [-0.1, -0.05) is 0 Å². The summed E-state index contributed by atoms with van der Waals surface area (Å²) in [5.74, 6) is -5.91. The maximum Gasteiger partial charge on any atom is 0.337 e. The normalized spacial score (nSPS) is 13.2. The zero-order chi connectivity index (χ0) is 15.4. The minimum Gasteiger partial charge on any atom is -0.481 e. The molecule has 19 heavy (non-hydrogen) atoms. The van der Waals surface area contributed by atoms with Crippen LogP contribution in [0.15, 0.2) is 0 Å². The third kappa shape index (κ3) is 3.36. The van der Waals surface area contributed by atoms with Gasteiger partial charge in [0.1, 0.15) is 0 Å². The molecule has 1 atom stereocenters. The lowest BCUT2D eigenvalue weighted by molar-refractivity contribution is -0.170. The molecule has 0 rings (SSSR count). The summed E-state index contributed by atoms with van der Waals surface area (Å²) in [5.41, 5.74) is -2.48. The van der Waals surface area contributed by atoms with Gasteiger partial charge in [0.05, 0.1) is 0 Å². The van der Waals surface area contributed by atoms with Gasteiger partial charge in [-0.05, 0) is 13.3 Å². The van der Waals surface area contributed by atoms with E-state index in [1.165, 1.54) is 0 Å². The van der Waals surface area contributed by atoms with E-state index in [-0.39, 0.29) is 0 Å². The number of hydrogen-bond donors (Lipinski definition) is 2. The first-order valence-corrected chi connectivity index (χ1v) is 5.35. The largest absolute Gasteiger partial charge is 0.481 e. The van der Waals surface area contributed by atoms with Crippen LogP contribution in [0.1, 0.15) is 33.6 Å². The number of amides is 2. The van der Waals surface area contributed by atoms with E-state index < -0.39 is 47.9 Å². The van der Waals surface area contributed by atoms with Gasteiger partial charge in [-0.2, -0.15) is 0 Å². The maximum absolute atomic E-state index is 11.7. The van der Waals surface area contributed by atoms with Crippen molar-refractivity contribution in [2.75, 3.05) is 0 Å². The number of carboxylic acid groups (broad SMARTS) is 2. The fourth-order valence-corrected chi connectivity index (χ4v) is 1.85. The van der Waals surface area contributed by atoms with Gasteiger partial charge in [-0.15, -0.1) is 0 Å². The fourth-order valence-electron chi connectivity index (χ4n) is 1.85. The third-order valence-corrected chi connectivity index (χ3v) is 2.65. The van der Waals surface area contributed by atoms with Crippen molar-refractivity contribution in [2.45, 2.75) is 39.2 Å². The molecule has 0 fully saturated rings. The molecule has 8 heteroatoms. The second-order valence-electron chi connectivity index (χ2n) is 3.99. The van der Waals surface area contributed by atoms with Gasteiger partial charge in [-0.3, -0.25) is 24.1 Å². The first-order chi connectivity index (χ1) is 8.57. The number of rotatable bonds is 6. The highest BCUT2D eigenvalue weighted by Crippen LogP contribution is 2.25. The topological polar surface area (TPSA) is 129 Å². The van der Waals surface area contributed by atoms with Gasteiger partial charge in [-0.25, -0.2) is 4.79 Å². The van der Waals surface area contributed by atoms with E-state index in [1.54, 1.807) is 0 Å². The summed E-state index contributed by atoms with van der Waals surface area (Å²) in [6.45, 7) is 2.76. The summed E-state index contributed by atoms with van der Waals surface area (Å²) in [6.07, 6.45) is -1.34. The molecule has 0 aromatic carbocycles. The predicted molar refractivity (Wildman–Crippen MR) is 61.1 cm³/mol. The zero-order valence-corrected chi connectivity index (χ0v) is 10.8. The lowest BCUT2D eigenvalue weighted by atomic mass is 9.86. The number of carbonyl (C=O) groups excluding carboxylic acids is 3. The molecule has 0 aliphatic heterocycles. The molecule has 106 valence electrons. The molecule has 0 unspecified atom stereocenters. The van der Waals surface area contributed by atoms with Crippen LogP contribution in [0.25, 0.3) is 0 Å². The van der Waals surface area contributed by atoms with Gasteiger partial charge in [0.25, 0.3) is 0 Å². The molecule has 2 N–H and O–H groups in total. The Kier molecular flexibility index (Phi) is 5.36. The zero-order valence-electron chi connectivity index (χ0n) is 10.8. The van der Waals surface area contributed by atoms with Crippen LogP contribution in [0.4, 0.5) is 0 Å². The first kappa shape index (κ1) is 16.8. The molecular weight excluding hydrogens is 258 g/mol. The van der Waals surface area contributed by atoms with Crippen molar-refractivity contribution in [3.05, 3.63) is 0 Å². The molecule has 0 aromatic heterocycles. The average molecular weight is 273 g/mol. The fraction of sp³-hybridized carbons (Fsp3) is 0.545. The van der Waals surface area contributed by atoms with Crippen LogP contribution < -0.4 is 0 Å². The maximum atomic E-state index is 11.7. The van der Waals surface area contributed by atoms with Crippen LogP contribution in [-0.2, 0) is 24.0 Å². The predicted octanol–water partition coefficient (Wildman–Crippen LogP) is -0.341. The molecule has 0 aliphatic carbocycles. The summed E-state index contributed by atoms with van der Waals surface area (Å²) in [5, 5.41) is 17.8. The summed E-state index contributed by atoms with van der Waals surface area (Å²) < 4.78 is 0.